The summed E-state index contributed by atoms with van der Waals surface area (Å²) in [6.45, 7) is 1.19. The molecule has 0 unspecified atom stereocenters. The molecule has 4 rings (SSSR count). The third-order valence-electron chi connectivity index (χ3n) is 4.87. The van der Waals surface area contributed by atoms with Crippen LogP contribution in [0.2, 0.25) is 0 Å². The fourth-order valence-electron chi connectivity index (χ4n) is 3.36. The maximum atomic E-state index is 12.7. The molecule has 1 fully saturated rings. The number of carbonyl (C=O) groups is 1. The van der Waals surface area contributed by atoms with Gasteiger partial charge in [-0.1, -0.05) is 12.1 Å². The zero-order chi connectivity index (χ0) is 19.0. The predicted octanol–water partition coefficient (Wildman–Crippen LogP) is 2.50. The van der Waals surface area contributed by atoms with Gasteiger partial charge in [-0.2, -0.15) is 0 Å². The van der Waals surface area contributed by atoms with Gasteiger partial charge in [0.1, 0.15) is 5.52 Å². The number of piperidine rings is 1. The number of rotatable bonds is 3. The molecule has 140 valence electrons. The van der Waals surface area contributed by atoms with Crippen molar-refractivity contribution >= 4 is 27.0 Å². The monoisotopic (exact) mass is 385 g/mol. The highest BCUT2D eigenvalue weighted by molar-refractivity contribution is 7.89. The summed E-state index contributed by atoms with van der Waals surface area (Å²) in [5.74, 6) is 0.791. The first-order valence-electron chi connectivity index (χ1n) is 8.69. The molecule has 1 saturated heterocycles. The summed E-state index contributed by atoms with van der Waals surface area (Å²) in [4.78, 5) is 19.0. The molecule has 0 radical (unpaired) electrons. The lowest BCUT2D eigenvalue weighted by Crippen LogP contribution is -2.38. The molecule has 8 heteroatoms. The maximum Gasteiger partial charge on any atom is 0.253 e. The molecule has 1 aliphatic rings. The molecule has 0 bridgehead atoms. The molecular weight excluding hydrogens is 366 g/mol. The molecule has 0 saturated carbocycles. The Balaban J connectivity index is 1.43. The number of oxazole rings is 1. The number of hydrogen-bond donors (Lipinski definition) is 1. The van der Waals surface area contributed by atoms with Gasteiger partial charge in [0.05, 0.1) is 4.90 Å². The minimum absolute atomic E-state index is 0.00582. The minimum Gasteiger partial charge on any atom is -0.440 e. The van der Waals surface area contributed by atoms with E-state index in [0.717, 1.165) is 29.8 Å². The van der Waals surface area contributed by atoms with E-state index in [0.29, 0.717) is 18.7 Å². The smallest absolute Gasteiger partial charge is 0.253 e. The van der Waals surface area contributed by atoms with Crippen molar-refractivity contribution < 1.29 is 17.6 Å². The van der Waals surface area contributed by atoms with Gasteiger partial charge in [0.25, 0.3) is 5.91 Å². The van der Waals surface area contributed by atoms with E-state index < -0.39 is 10.0 Å². The topological polar surface area (TPSA) is 106 Å². The van der Waals surface area contributed by atoms with Crippen LogP contribution in [0.4, 0.5) is 0 Å². The van der Waals surface area contributed by atoms with Crippen LogP contribution in [0.1, 0.15) is 35.0 Å². The normalized spacial score (nSPS) is 16.0. The Labute approximate surface area is 156 Å². The van der Waals surface area contributed by atoms with Gasteiger partial charge in [-0.05, 0) is 49.2 Å². The molecule has 1 aliphatic heterocycles. The van der Waals surface area contributed by atoms with Gasteiger partial charge < -0.3 is 9.32 Å². The molecule has 0 aliphatic carbocycles. The van der Waals surface area contributed by atoms with Crippen molar-refractivity contribution in [1.29, 1.82) is 0 Å². The van der Waals surface area contributed by atoms with Crippen LogP contribution >= 0.6 is 0 Å². The molecule has 0 spiro atoms. The van der Waals surface area contributed by atoms with E-state index in [1.165, 1.54) is 24.3 Å². The number of carbonyl (C=O) groups excluding carboxylic acids is 1. The van der Waals surface area contributed by atoms with Crippen molar-refractivity contribution in [3.63, 3.8) is 0 Å². The quantitative estimate of drug-likeness (QED) is 0.745. The summed E-state index contributed by atoms with van der Waals surface area (Å²) in [6.07, 6.45) is 1.54. The van der Waals surface area contributed by atoms with E-state index in [-0.39, 0.29) is 16.7 Å². The fourth-order valence-corrected chi connectivity index (χ4v) is 3.88. The van der Waals surface area contributed by atoms with Gasteiger partial charge in [-0.3, -0.25) is 4.79 Å². The van der Waals surface area contributed by atoms with Crippen molar-refractivity contribution in [2.45, 2.75) is 23.7 Å². The van der Waals surface area contributed by atoms with E-state index in [2.05, 4.69) is 4.98 Å². The summed E-state index contributed by atoms with van der Waals surface area (Å²) in [7, 11) is -3.76. The largest absolute Gasteiger partial charge is 0.440 e. The Kier molecular flexibility index (Phi) is 4.45. The van der Waals surface area contributed by atoms with Crippen LogP contribution < -0.4 is 5.14 Å². The molecule has 3 aromatic rings. The first kappa shape index (κ1) is 17.7. The van der Waals surface area contributed by atoms with Crippen LogP contribution in [0, 0.1) is 0 Å². The molecule has 2 N–H and O–H groups in total. The first-order valence-corrected chi connectivity index (χ1v) is 10.2. The fraction of sp³-hybridized carbons (Fsp3) is 0.263. The Morgan fingerprint density at radius 2 is 1.74 bits per heavy atom. The molecule has 2 aromatic carbocycles. The first-order chi connectivity index (χ1) is 12.9. The summed E-state index contributed by atoms with van der Waals surface area (Å²) in [5, 5.41) is 5.09. The van der Waals surface area contributed by atoms with Crippen molar-refractivity contribution in [2.75, 3.05) is 13.1 Å². The zero-order valence-corrected chi connectivity index (χ0v) is 15.4. The van der Waals surface area contributed by atoms with Crippen LogP contribution in [-0.4, -0.2) is 37.3 Å². The van der Waals surface area contributed by atoms with Crippen LogP contribution in [-0.2, 0) is 10.0 Å². The summed E-state index contributed by atoms with van der Waals surface area (Å²) < 4.78 is 28.5. The molecule has 1 amide bonds. The average molecular weight is 385 g/mol. The van der Waals surface area contributed by atoms with Gasteiger partial charge in [0, 0.05) is 24.6 Å². The van der Waals surface area contributed by atoms with Crippen molar-refractivity contribution in [1.82, 2.24) is 9.88 Å². The molecule has 27 heavy (non-hydrogen) atoms. The van der Waals surface area contributed by atoms with E-state index in [1.807, 2.05) is 24.3 Å². The molecule has 1 aromatic heterocycles. The van der Waals surface area contributed by atoms with E-state index >= 15 is 0 Å². The number of primary sulfonamides is 1. The average Bonchev–Trinajstić information content (AvgIpc) is 3.11. The molecule has 0 atom stereocenters. The van der Waals surface area contributed by atoms with E-state index in [9.17, 15) is 13.2 Å². The predicted molar refractivity (Wildman–Crippen MR) is 99.7 cm³/mol. The Hall–Kier alpha value is -2.71. The number of amides is 1. The maximum absolute atomic E-state index is 12.7. The lowest BCUT2D eigenvalue weighted by molar-refractivity contribution is 0.0706. The second-order valence-electron chi connectivity index (χ2n) is 6.66. The molecular formula is C19H19N3O4S. The zero-order valence-electron chi connectivity index (χ0n) is 14.5. The number of likely N-dealkylation sites (tertiary alicyclic amines) is 1. The van der Waals surface area contributed by atoms with Gasteiger partial charge >= 0.3 is 0 Å². The van der Waals surface area contributed by atoms with Crippen LogP contribution in [0.15, 0.2) is 57.8 Å². The standard InChI is InChI=1S/C19H19N3O4S/c20-27(24,25)15-7-5-14(6-8-15)19(23)22-11-9-13(10-12-22)18-21-16-3-1-2-4-17(16)26-18/h1-8,13H,9-12H2,(H2,20,24,25). The van der Waals surface area contributed by atoms with Crippen molar-refractivity contribution in [3.05, 3.63) is 60.0 Å². The molecule has 2 heterocycles. The summed E-state index contributed by atoms with van der Waals surface area (Å²) in [6, 6.07) is 13.4. The minimum atomic E-state index is -3.76. The highest BCUT2D eigenvalue weighted by Gasteiger charge is 2.27. The van der Waals surface area contributed by atoms with Crippen molar-refractivity contribution in [3.8, 4) is 0 Å². The number of hydrogen-bond acceptors (Lipinski definition) is 5. The SMILES string of the molecule is NS(=O)(=O)c1ccc(C(=O)N2CCC(c3nc4ccccc4o3)CC2)cc1. The lowest BCUT2D eigenvalue weighted by Gasteiger charge is -2.30. The number of fused-ring (bicyclic) bond motifs is 1. The summed E-state index contributed by atoms with van der Waals surface area (Å²) >= 11 is 0. The van der Waals surface area contributed by atoms with Gasteiger partial charge in [0.15, 0.2) is 11.5 Å². The van der Waals surface area contributed by atoms with Gasteiger partial charge in [-0.15, -0.1) is 0 Å². The highest BCUT2D eigenvalue weighted by Crippen LogP contribution is 2.30. The van der Waals surface area contributed by atoms with Crippen LogP contribution in [0.3, 0.4) is 0 Å². The number of nitrogens with zero attached hydrogens (tertiary/aromatic N) is 2. The van der Waals surface area contributed by atoms with Gasteiger partial charge in [-0.25, -0.2) is 18.5 Å². The number of aromatic nitrogens is 1. The summed E-state index contributed by atoms with van der Waals surface area (Å²) in [5.41, 5.74) is 2.07. The van der Waals surface area contributed by atoms with E-state index in [4.69, 9.17) is 9.56 Å². The Morgan fingerprint density at radius 3 is 2.37 bits per heavy atom. The van der Waals surface area contributed by atoms with Crippen LogP contribution in [0.5, 0.6) is 0 Å². The lowest BCUT2D eigenvalue weighted by atomic mass is 9.96. The number of benzene rings is 2. The highest BCUT2D eigenvalue weighted by atomic mass is 32.2. The number of sulfonamides is 1. The molecule has 7 nitrogen and oxygen atoms in total. The third kappa shape index (κ3) is 3.58. The van der Waals surface area contributed by atoms with Gasteiger partial charge in [0.2, 0.25) is 10.0 Å². The van der Waals surface area contributed by atoms with Crippen molar-refractivity contribution in [2.24, 2.45) is 5.14 Å². The Morgan fingerprint density at radius 1 is 1.07 bits per heavy atom. The third-order valence-corrected chi connectivity index (χ3v) is 5.80. The second kappa shape index (κ2) is 6.79. The second-order valence-corrected chi connectivity index (χ2v) is 8.22. The Bertz CT molecular complexity index is 1050. The van der Waals surface area contributed by atoms with E-state index in [1.54, 1.807) is 4.90 Å². The van der Waals surface area contributed by atoms with Crippen LogP contribution in [0.25, 0.3) is 11.1 Å². The number of nitrogens with two attached hydrogens (primary N) is 1. The number of para-hydroxylation sites is 2.